The van der Waals surface area contributed by atoms with E-state index in [2.05, 4.69) is 6.58 Å². The third kappa shape index (κ3) is 4.11. The third-order valence-corrected chi connectivity index (χ3v) is 2.40. The lowest BCUT2D eigenvalue weighted by atomic mass is 10.1. The van der Waals surface area contributed by atoms with Gasteiger partial charge >= 0.3 is 5.97 Å². The molecule has 0 aromatic carbocycles. The van der Waals surface area contributed by atoms with Crippen molar-refractivity contribution >= 4 is 5.97 Å². The minimum Gasteiger partial charge on any atom is -0.462 e. The Morgan fingerprint density at radius 2 is 2.31 bits per heavy atom. The highest BCUT2D eigenvalue weighted by atomic mass is 16.5. The van der Waals surface area contributed by atoms with Crippen LogP contribution in [0.15, 0.2) is 12.7 Å². The zero-order valence-electron chi connectivity index (χ0n) is 8.13. The number of hydrogen-bond donors (Lipinski definition) is 0. The summed E-state index contributed by atoms with van der Waals surface area (Å²) in [6, 6.07) is 0. The van der Waals surface area contributed by atoms with Crippen molar-refractivity contribution in [3.05, 3.63) is 12.7 Å². The highest BCUT2D eigenvalue weighted by molar-refractivity contribution is 5.71. The molecule has 0 saturated carbocycles. The number of ether oxygens (including phenoxy) is 1. The highest BCUT2D eigenvalue weighted by Gasteiger charge is 2.22. The molecule has 1 saturated heterocycles. The average molecular weight is 182 g/mol. The monoisotopic (exact) mass is 182 g/mol. The average Bonchev–Trinajstić information content (AvgIpc) is 2.51. The fourth-order valence-electron chi connectivity index (χ4n) is 1.62. The second-order valence-electron chi connectivity index (χ2n) is 3.58. The number of carbonyl (C=O) groups excluding carboxylic acids is 1. The Hall–Kier alpha value is -0.790. The molecule has 0 radical (unpaired) electrons. The molecule has 0 aromatic rings. The van der Waals surface area contributed by atoms with Crippen LogP contribution in [-0.2, 0) is 9.53 Å². The number of rotatable bonds is 6. The van der Waals surface area contributed by atoms with Gasteiger partial charge in [0.2, 0.25) is 0 Å². The van der Waals surface area contributed by atoms with Crippen molar-refractivity contribution in [3.63, 3.8) is 0 Å². The lowest BCUT2D eigenvalue weighted by molar-refractivity contribution is -0.141. The molecule has 1 heterocycles. The molecule has 2 heteroatoms. The summed E-state index contributed by atoms with van der Waals surface area (Å²) in [7, 11) is 0. The molecule has 0 N–H and O–H groups in total. The van der Waals surface area contributed by atoms with Crippen LogP contribution in [0.2, 0.25) is 0 Å². The smallest absolute Gasteiger partial charge is 0.306 e. The molecule has 1 atom stereocenters. The molecule has 0 amide bonds. The van der Waals surface area contributed by atoms with Crippen molar-refractivity contribution in [1.29, 1.82) is 0 Å². The quantitative estimate of drug-likeness (QED) is 0.358. The zero-order chi connectivity index (χ0) is 9.52. The fourth-order valence-corrected chi connectivity index (χ4v) is 1.62. The molecule has 1 aliphatic heterocycles. The van der Waals surface area contributed by atoms with Gasteiger partial charge in [0.15, 0.2) is 0 Å². The van der Waals surface area contributed by atoms with Gasteiger partial charge in [0, 0.05) is 6.42 Å². The first-order valence-corrected chi connectivity index (χ1v) is 5.13. The predicted octanol–water partition coefficient (Wildman–Crippen LogP) is 2.83. The van der Waals surface area contributed by atoms with Crippen molar-refractivity contribution in [2.75, 3.05) is 0 Å². The van der Waals surface area contributed by atoms with Crippen LogP contribution in [0.3, 0.4) is 0 Å². The number of cyclic esters (lactones) is 1. The third-order valence-electron chi connectivity index (χ3n) is 2.40. The fraction of sp³-hybridized carbons (Fsp3) is 0.727. The van der Waals surface area contributed by atoms with Gasteiger partial charge in [-0.1, -0.05) is 12.5 Å². The van der Waals surface area contributed by atoms with E-state index in [1.807, 2.05) is 6.08 Å². The Morgan fingerprint density at radius 1 is 1.46 bits per heavy atom. The van der Waals surface area contributed by atoms with Crippen LogP contribution in [0.1, 0.15) is 44.9 Å². The van der Waals surface area contributed by atoms with Crippen LogP contribution in [-0.4, -0.2) is 12.1 Å². The van der Waals surface area contributed by atoms with Crippen LogP contribution in [0.4, 0.5) is 0 Å². The zero-order valence-corrected chi connectivity index (χ0v) is 8.13. The van der Waals surface area contributed by atoms with Crippen molar-refractivity contribution < 1.29 is 9.53 Å². The molecule has 0 bridgehead atoms. The Labute approximate surface area is 80.0 Å². The van der Waals surface area contributed by atoms with E-state index in [9.17, 15) is 4.79 Å². The summed E-state index contributed by atoms with van der Waals surface area (Å²) in [5.41, 5.74) is 0. The Bertz CT molecular complexity index is 175. The minimum absolute atomic E-state index is 0.0175. The van der Waals surface area contributed by atoms with E-state index in [0.717, 1.165) is 19.3 Å². The first-order chi connectivity index (χ1) is 6.33. The summed E-state index contributed by atoms with van der Waals surface area (Å²) in [6.07, 6.45) is 9.48. The van der Waals surface area contributed by atoms with Gasteiger partial charge in [-0.15, -0.1) is 6.58 Å². The molecule has 0 aliphatic carbocycles. The first-order valence-electron chi connectivity index (χ1n) is 5.13. The van der Waals surface area contributed by atoms with Crippen molar-refractivity contribution in [3.8, 4) is 0 Å². The summed E-state index contributed by atoms with van der Waals surface area (Å²) >= 11 is 0. The van der Waals surface area contributed by atoms with Gasteiger partial charge in [0.05, 0.1) is 0 Å². The Kier molecular flexibility index (Phi) is 4.58. The molecule has 1 unspecified atom stereocenters. The molecule has 13 heavy (non-hydrogen) atoms. The van der Waals surface area contributed by atoms with Gasteiger partial charge in [-0.05, 0) is 32.1 Å². The Balaban J connectivity index is 1.94. The van der Waals surface area contributed by atoms with Gasteiger partial charge in [-0.2, -0.15) is 0 Å². The standard InChI is InChI=1S/C11H18O2/c1-2-3-4-5-6-7-10-8-9-11(12)13-10/h2,10H,1,3-9H2. The SMILES string of the molecule is C=CCCCCCC1CCC(=O)O1. The first kappa shape index (κ1) is 10.3. The summed E-state index contributed by atoms with van der Waals surface area (Å²) in [5.74, 6) is -0.0175. The molecule has 1 aliphatic rings. The minimum atomic E-state index is -0.0175. The molecule has 74 valence electrons. The van der Waals surface area contributed by atoms with Gasteiger partial charge < -0.3 is 4.74 Å². The van der Waals surface area contributed by atoms with Crippen molar-refractivity contribution in [1.82, 2.24) is 0 Å². The van der Waals surface area contributed by atoms with E-state index in [1.54, 1.807) is 0 Å². The van der Waals surface area contributed by atoms with E-state index in [0.29, 0.717) is 6.42 Å². The largest absolute Gasteiger partial charge is 0.462 e. The van der Waals surface area contributed by atoms with Gasteiger partial charge in [0.25, 0.3) is 0 Å². The predicted molar refractivity (Wildman–Crippen MR) is 52.4 cm³/mol. The number of allylic oxidation sites excluding steroid dienone is 1. The number of hydrogen-bond acceptors (Lipinski definition) is 2. The van der Waals surface area contributed by atoms with Crippen LogP contribution < -0.4 is 0 Å². The van der Waals surface area contributed by atoms with Gasteiger partial charge in [-0.25, -0.2) is 0 Å². The topological polar surface area (TPSA) is 26.3 Å². The second kappa shape index (κ2) is 5.79. The summed E-state index contributed by atoms with van der Waals surface area (Å²) in [4.78, 5) is 10.8. The normalized spacial score (nSPS) is 21.5. The maximum atomic E-state index is 10.8. The summed E-state index contributed by atoms with van der Waals surface area (Å²) in [5, 5.41) is 0. The van der Waals surface area contributed by atoms with E-state index < -0.39 is 0 Å². The maximum absolute atomic E-state index is 10.8. The molecular weight excluding hydrogens is 164 g/mol. The van der Waals surface area contributed by atoms with Gasteiger partial charge in [0.1, 0.15) is 6.10 Å². The lowest BCUT2D eigenvalue weighted by Gasteiger charge is -2.07. The molecule has 1 rings (SSSR count). The van der Waals surface area contributed by atoms with E-state index in [4.69, 9.17) is 4.74 Å². The van der Waals surface area contributed by atoms with Gasteiger partial charge in [-0.3, -0.25) is 4.79 Å². The molecule has 0 aromatic heterocycles. The van der Waals surface area contributed by atoms with Crippen LogP contribution in [0.25, 0.3) is 0 Å². The van der Waals surface area contributed by atoms with Crippen LogP contribution in [0, 0.1) is 0 Å². The maximum Gasteiger partial charge on any atom is 0.306 e. The van der Waals surface area contributed by atoms with E-state index in [1.165, 1.54) is 19.3 Å². The molecule has 1 fully saturated rings. The van der Waals surface area contributed by atoms with Crippen molar-refractivity contribution in [2.45, 2.75) is 51.0 Å². The Morgan fingerprint density at radius 3 is 2.92 bits per heavy atom. The summed E-state index contributed by atoms with van der Waals surface area (Å²) < 4.78 is 5.11. The molecule has 2 nitrogen and oxygen atoms in total. The number of carbonyl (C=O) groups is 1. The summed E-state index contributed by atoms with van der Waals surface area (Å²) in [6.45, 7) is 3.68. The van der Waals surface area contributed by atoms with E-state index >= 15 is 0 Å². The van der Waals surface area contributed by atoms with Crippen LogP contribution >= 0.6 is 0 Å². The van der Waals surface area contributed by atoms with Crippen LogP contribution in [0.5, 0.6) is 0 Å². The number of unbranched alkanes of at least 4 members (excludes halogenated alkanes) is 3. The second-order valence-corrected chi connectivity index (χ2v) is 3.58. The van der Waals surface area contributed by atoms with Crippen molar-refractivity contribution in [2.24, 2.45) is 0 Å². The highest BCUT2D eigenvalue weighted by Crippen LogP contribution is 2.19. The lowest BCUT2D eigenvalue weighted by Crippen LogP contribution is -2.05. The molecule has 0 spiro atoms. The number of esters is 1. The van der Waals surface area contributed by atoms with E-state index in [-0.39, 0.29) is 12.1 Å². The molecular formula is C11H18O2.